The van der Waals surface area contributed by atoms with Crippen LogP contribution in [0.25, 0.3) is 0 Å². The molecule has 0 radical (unpaired) electrons. The molecule has 0 N–H and O–H groups in total. The van der Waals surface area contributed by atoms with Crippen LogP contribution >= 0.6 is 31.9 Å². The second-order valence-electron chi connectivity index (χ2n) is 5.80. The zero-order valence-electron chi connectivity index (χ0n) is 13.2. The van der Waals surface area contributed by atoms with E-state index in [9.17, 15) is 9.59 Å². The van der Waals surface area contributed by atoms with Crippen molar-refractivity contribution < 1.29 is 19.1 Å². The van der Waals surface area contributed by atoms with Crippen molar-refractivity contribution in [1.29, 1.82) is 0 Å². The maximum atomic E-state index is 12.3. The molecule has 6 heteroatoms. The van der Waals surface area contributed by atoms with E-state index in [1.807, 2.05) is 6.92 Å². The van der Waals surface area contributed by atoms with Gasteiger partial charge in [0, 0.05) is 8.95 Å². The van der Waals surface area contributed by atoms with Crippen molar-refractivity contribution >= 4 is 43.8 Å². The summed E-state index contributed by atoms with van der Waals surface area (Å²) in [7, 11) is 0. The normalized spacial score (nSPS) is 11.2. The third-order valence-electron chi connectivity index (χ3n) is 2.63. The number of rotatable bonds is 5. The minimum Gasteiger partial charge on any atom is -0.462 e. The van der Waals surface area contributed by atoms with Crippen molar-refractivity contribution in [3.63, 3.8) is 0 Å². The second kappa shape index (κ2) is 8.11. The van der Waals surface area contributed by atoms with Crippen molar-refractivity contribution in [3.8, 4) is 0 Å². The van der Waals surface area contributed by atoms with Crippen LogP contribution in [0.3, 0.4) is 0 Å². The summed E-state index contributed by atoms with van der Waals surface area (Å²) in [5.74, 6) is -1.08. The molecule has 4 nitrogen and oxygen atoms in total. The lowest BCUT2D eigenvalue weighted by atomic mass is 10.1. The highest BCUT2D eigenvalue weighted by molar-refractivity contribution is 9.13. The molecule has 0 saturated carbocycles. The predicted molar refractivity (Wildman–Crippen MR) is 92.2 cm³/mol. The van der Waals surface area contributed by atoms with E-state index < -0.39 is 17.5 Å². The van der Waals surface area contributed by atoms with Crippen LogP contribution < -0.4 is 0 Å². The summed E-state index contributed by atoms with van der Waals surface area (Å²) < 4.78 is 11.9. The number of unbranched alkanes of at least 4 members (excludes halogenated alkanes) is 1. The first-order valence-corrected chi connectivity index (χ1v) is 8.64. The van der Waals surface area contributed by atoms with E-state index in [-0.39, 0.29) is 11.1 Å². The Labute approximate surface area is 147 Å². The molecule has 0 saturated heterocycles. The van der Waals surface area contributed by atoms with Crippen molar-refractivity contribution in [2.24, 2.45) is 0 Å². The topological polar surface area (TPSA) is 52.6 Å². The highest BCUT2D eigenvalue weighted by Gasteiger charge is 2.25. The molecule has 22 heavy (non-hydrogen) atoms. The van der Waals surface area contributed by atoms with Gasteiger partial charge in [0.15, 0.2) is 0 Å². The molecule has 1 aromatic carbocycles. The van der Waals surface area contributed by atoms with Crippen LogP contribution in [0, 0.1) is 0 Å². The molecule has 0 aliphatic heterocycles. The molecule has 0 heterocycles. The van der Waals surface area contributed by atoms with Gasteiger partial charge in [-0.05, 0) is 71.2 Å². The molecule has 1 aromatic rings. The molecule has 0 aliphatic carbocycles. The van der Waals surface area contributed by atoms with Gasteiger partial charge in [0.25, 0.3) is 0 Å². The molecule has 0 atom stereocenters. The molecular formula is C16H20Br2O4. The zero-order valence-corrected chi connectivity index (χ0v) is 16.3. The van der Waals surface area contributed by atoms with E-state index in [1.165, 1.54) is 0 Å². The molecule has 0 bridgehead atoms. The summed E-state index contributed by atoms with van der Waals surface area (Å²) in [6, 6.07) is 3.13. The standard InChI is InChI=1S/C16H20Br2O4/c1-5-6-7-21-14(19)10-8-12(17)13(18)9-11(10)15(20)22-16(2,3)4/h8-9H,5-7H2,1-4H3. The van der Waals surface area contributed by atoms with Crippen molar-refractivity contribution in [1.82, 2.24) is 0 Å². The molecule has 0 unspecified atom stereocenters. The van der Waals surface area contributed by atoms with Crippen molar-refractivity contribution in [2.45, 2.75) is 46.1 Å². The number of hydrogen-bond donors (Lipinski definition) is 0. The Morgan fingerprint density at radius 2 is 1.55 bits per heavy atom. The van der Waals surface area contributed by atoms with Gasteiger partial charge in [-0.2, -0.15) is 0 Å². The summed E-state index contributed by atoms with van der Waals surface area (Å²) in [5, 5.41) is 0. The maximum Gasteiger partial charge on any atom is 0.339 e. The highest BCUT2D eigenvalue weighted by atomic mass is 79.9. The highest BCUT2D eigenvalue weighted by Crippen LogP contribution is 2.28. The van der Waals surface area contributed by atoms with E-state index in [2.05, 4.69) is 31.9 Å². The zero-order chi connectivity index (χ0) is 16.9. The number of benzene rings is 1. The molecule has 0 amide bonds. The summed E-state index contributed by atoms with van der Waals surface area (Å²) in [6.45, 7) is 7.67. The van der Waals surface area contributed by atoms with Gasteiger partial charge in [-0.25, -0.2) is 9.59 Å². The van der Waals surface area contributed by atoms with Crippen LogP contribution in [0.1, 0.15) is 61.3 Å². The SMILES string of the molecule is CCCCOC(=O)c1cc(Br)c(Br)cc1C(=O)OC(C)(C)C. The number of halogens is 2. The summed E-state index contributed by atoms with van der Waals surface area (Å²) in [4.78, 5) is 24.5. The monoisotopic (exact) mass is 434 g/mol. The fraction of sp³-hybridized carbons (Fsp3) is 0.500. The Balaban J connectivity index is 3.12. The van der Waals surface area contributed by atoms with Gasteiger partial charge in [-0.3, -0.25) is 0 Å². The molecule has 1 rings (SSSR count). The van der Waals surface area contributed by atoms with Gasteiger partial charge in [-0.1, -0.05) is 13.3 Å². The van der Waals surface area contributed by atoms with Crippen LogP contribution in [-0.4, -0.2) is 24.1 Å². The van der Waals surface area contributed by atoms with Crippen LogP contribution in [0.2, 0.25) is 0 Å². The minimum absolute atomic E-state index is 0.187. The number of hydrogen-bond acceptors (Lipinski definition) is 4. The van der Waals surface area contributed by atoms with Gasteiger partial charge < -0.3 is 9.47 Å². The summed E-state index contributed by atoms with van der Waals surface area (Å²) in [6.07, 6.45) is 1.71. The van der Waals surface area contributed by atoms with E-state index in [1.54, 1.807) is 32.9 Å². The maximum absolute atomic E-state index is 12.3. The largest absolute Gasteiger partial charge is 0.462 e. The van der Waals surface area contributed by atoms with Gasteiger partial charge >= 0.3 is 11.9 Å². The first-order chi connectivity index (χ1) is 10.2. The van der Waals surface area contributed by atoms with E-state index in [0.717, 1.165) is 12.8 Å². The Morgan fingerprint density at radius 1 is 1.05 bits per heavy atom. The summed E-state index contributed by atoms with van der Waals surface area (Å²) in [5.41, 5.74) is -0.257. The third kappa shape index (κ3) is 5.72. The molecule has 0 fully saturated rings. The van der Waals surface area contributed by atoms with E-state index in [4.69, 9.17) is 9.47 Å². The van der Waals surface area contributed by atoms with Crippen LogP contribution in [0.15, 0.2) is 21.1 Å². The lowest BCUT2D eigenvalue weighted by Crippen LogP contribution is -2.25. The third-order valence-corrected chi connectivity index (χ3v) is 4.47. The van der Waals surface area contributed by atoms with Crippen LogP contribution in [-0.2, 0) is 9.47 Å². The van der Waals surface area contributed by atoms with E-state index >= 15 is 0 Å². The van der Waals surface area contributed by atoms with Gasteiger partial charge in [0.2, 0.25) is 0 Å². The smallest absolute Gasteiger partial charge is 0.339 e. The molecule has 122 valence electrons. The number of carbonyl (C=O) groups is 2. The molecule has 0 spiro atoms. The number of ether oxygens (including phenoxy) is 2. The summed E-state index contributed by atoms with van der Waals surface area (Å²) >= 11 is 6.67. The quantitative estimate of drug-likeness (QED) is 0.475. The van der Waals surface area contributed by atoms with Gasteiger partial charge in [0.05, 0.1) is 17.7 Å². The lowest BCUT2D eigenvalue weighted by Gasteiger charge is -2.20. The Hall–Kier alpha value is -0.880. The molecule has 0 aromatic heterocycles. The van der Waals surface area contributed by atoms with Crippen molar-refractivity contribution in [2.75, 3.05) is 6.61 Å². The lowest BCUT2D eigenvalue weighted by molar-refractivity contribution is 0.00639. The fourth-order valence-corrected chi connectivity index (χ4v) is 2.29. The predicted octanol–water partition coefficient (Wildman–Crippen LogP) is 5.12. The first-order valence-electron chi connectivity index (χ1n) is 7.05. The van der Waals surface area contributed by atoms with Crippen LogP contribution in [0.4, 0.5) is 0 Å². The fourth-order valence-electron chi connectivity index (χ4n) is 1.60. The number of esters is 2. The van der Waals surface area contributed by atoms with Gasteiger partial charge in [-0.15, -0.1) is 0 Å². The Bertz CT molecular complexity index is 562. The second-order valence-corrected chi connectivity index (χ2v) is 7.51. The first kappa shape index (κ1) is 19.2. The Kier molecular flexibility index (Phi) is 7.06. The molecular weight excluding hydrogens is 416 g/mol. The average Bonchev–Trinajstić information content (AvgIpc) is 2.39. The Morgan fingerprint density at radius 3 is 2.00 bits per heavy atom. The molecule has 0 aliphatic rings. The average molecular weight is 436 g/mol. The van der Waals surface area contributed by atoms with Crippen LogP contribution in [0.5, 0.6) is 0 Å². The van der Waals surface area contributed by atoms with E-state index in [0.29, 0.717) is 15.6 Å². The van der Waals surface area contributed by atoms with Gasteiger partial charge in [0.1, 0.15) is 5.60 Å². The minimum atomic E-state index is -0.639. The number of carbonyl (C=O) groups excluding carboxylic acids is 2. The van der Waals surface area contributed by atoms with Crippen molar-refractivity contribution in [3.05, 3.63) is 32.2 Å².